The van der Waals surface area contributed by atoms with Crippen LogP contribution in [0.15, 0.2) is 24.3 Å². The molecule has 29 heavy (non-hydrogen) atoms. The first-order chi connectivity index (χ1) is 14.2. The van der Waals surface area contributed by atoms with Crippen LogP contribution in [0.25, 0.3) is 0 Å². The van der Waals surface area contributed by atoms with Gasteiger partial charge >= 0.3 is 0 Å². The van der Waals surface area contributed by atoms with E-state index in [4.69, 9.17) is 0 Å². The molecule has 1 aromatic carbocycles. The average Bonchev–Trinajstić information content (AvgIpc) is 2.79. The lowest BCUT2D eigenvalue weighted by atomic mass is 9.47. The van der Waals surface area contributed by atoms with E-state index in [0.29, 0.717) is 0 Å². The van der Waals surface area contributed by atoms with Gasteiger partial charge in [-0.05, 0) is 117 Å². The van der Waals surface area contributed by atoms with E-state index in [-0.39, 0.29) is 0 Å². The Labute approximate surface area is 181 Å². The quantitative estimate of drug-likeness (QED) is 0.366. The zero-order valence-corrected chi connectivity index (χ0v) is 19.5. The molecule has 0 aromatic heterocycles. The SMILES string of the molecule is CCCCCC12CCC(C3CCC(c4ccc(CCCC)cc4)CC3)(CC1)CC2. The monoisotopic (exact) mass is 394 g/mol. The molecule has 0 spiro atoms. The molecule has 4 aliphatic carbocycles. The van der Waals surface area contributed by atoms with Crippen molar-refractivity contribution < 1.29 is 0 Å². The number of hydrogen-bond acceptors (Lipinski definition) is 0. The number of rotatable bonds is 9. The van der Waals surface area contributed by atoms with Gasteiger partial charge in [-0.1, -0.05) is 63.8 Å². The summed E-state index contributed by atoms with van der Waals surface area (Å²) >= 11 is 0. The molecular weight excluding hydrogens is 348 g/mol. The number of aryl methyl sites for hydroxylation is 1. The molecule has 4 aliphatic rings. The standard InChI is InChI=1S/C29H46/c1-3-5-7-17-28-18-21-29(22-19-28,23-20-28)27-15-13-26(14-16-27)25-11-9-24(10-12-25)8-6-4-2/h9-12,26-27H,3-8,13-23H2,1-2H3. The maximum atomic E-state index is 2.46. The highest BCUT2D eigenvalue weighted by atomic mass is 14.6. The lowest BCUT2D eigenvalue weighted by molar-refractivity contribution is -0.0630. The highest BCUT2D eigenvalue weighted by molar-refractivity contribution is 5.26. The Morgan fingerprint density at radius 3 is 1.93 bits per heavy atom. The van der Waals surface area contributed by atoms with Gasteiger partial charge in [0.15, 0.2) is 0 Å². The molecule has 0 atom stereocenters. The summed E-state index contributed by atoms with van der Waals surface area (Å²) in [5.74, 6) is 1.87. The minimum atomic E-state index is 0.751. The zero-order chi connectivity index (χ0) is 20.2. The average molecular weight is 395 g/mol. The fourth-order valence-electron chi connectivity index (χ4n) is 7.41. The molecule has 5 rings (SSSR count). The molecule has 0 amide bonds. The highest BCUT2D eigenvalue weighted by Gasteiger charge is 2.51. The van der Waals surface area contributed by atoms with Crippen molar-refractivity contribution in [3.63, 3.8) is 0 Å². The molecule has 0 radical (unpaired) electrons. The first-order valence-corrected chi connectivity index (χ1v) is 13.3. The van der Waals surface area contributed by atoms with Crippen LogP contribution in [0.4, 0.5) is 0 Å². The Morgan fingerprint density at radius 2 is 1.34 bits per heavy atom. The largest absolute Gasteiger partial charge is 0.0654 e. The van der Waals surface area contributed by atoms with Gasteiger partial charge in [-0.3, -0.25) is 0 Å². The normalized spacial score (nSPS) is 34.4. The van der Waals surface area contributed by atoms with E-state index in [1.807, 2.05) is 0 Å². The summed E-state index contributed by atoms with van der Waals surface area (Å²) in [6.07, 6.45) is 25.1. The van der Waals surface area contributed by atoms with Crippen LogP contribution in [-0.2, 0) is 6.42 Å². The molecule has 4 saturated carbocycles. The molecule has 0 unspecified atom stereocenters. The van der Waals surface area contributed by atoms with Crippen molar-refractivity contribution in [3.05, 3.63) is 35.4 Å². The van der Waals surface area contributed by atoms with Crippen molar-refractivity contribution in [1.82, 2.24) is 0 Å². The van der Waals surface area contributed by atoms with Crippen molar-refractivity contribution >= 4 is 0 Å². The fraction of sp³-hybridized carbons (Fsp3) is 0.793. The Balaban J connectivity index is 1.28. The van der Waals surface area contributed by atoms with Crippen LogP contribution in [0.2, 0.25) is 0 Å². The Bertz CT molecular complexity index is 591. The van der Waals surface area contributed by atoms with E-state index in [1.54, 1.807) is 44.1 Å². The van der Waals surface area contributed by atoms with Gasteiger partial charge in [0.05, 0.1) is 0 Å². The van der Waals surface area contributed by atoms with Crippen LogP contribution in [-0.4, -0.2) is 0 Å². The lowest BCUT2D eigenvalue weighted by Gasteiger charge is -2.58. The minimum absolute atomic E-state index is 0.751. The Morgan fingerprint density at radius 1 is 0.724 bits per heavy atom. The summed E-state index contributed by atoms with van der Waals surface area (Å²) in [6.45, 7) is 4.64. The molecular formula is C29H46. The van der Waals surface area contributed by atoms with Crippen LogP contribution in [0.1, 0.15) is 134 Å². The van der Waals surface area contributed by atoms with Gasteiger partial charge in [0.1, 0.15) is 0 Å². The van der Waals surface area contributed by atoms with Gasteiger partial charge in [-0.2, -0.15) is 0 Å². The van der Waals surface area contributed by atoms with Crippen molar-refractivity contribution in [2.24, 2.45) is 16.7 Å². The third-order valence-electron chi connectivity index (χ3n) is 9.63. The van der Waals surface area contributed by atoms with Crippen LogP contribution in [0, 0.1) is 16.7 Å². The minimum Gasteiger partial charge on any atom is -0.0654 e. The summed E-state index contributed by atoms with van der Waals surface area (Å²) in [5.41, 5.74) is 4.69. The third kappa shape index (κ3) is 4.77. The lowest BCUT2D eigenvalue weighted by Crippen LogP contribution is -2.46. The predicted molar refractivity (Wildman–Crippen MR) is 126 cm³/mol. The molecule has 162 valence electrons. The molecule has 4 fully saturated rings. The van der Waals surface area contributed by atoms with E-state index in [1.165, 1.54) is 76.2 Å². The smallest absolute Gasteiger partial charge is 0.0162 e. The summed E-state index contributed by atoms with van der Waals surface area (Å²) in [4.78, 5) is 0. The van der Waals surface area contributed by atoms with E-state index in [9.17, 15) is 0 Å². The van der Waals surface area contributed by atoms with Gasteiger partial charge in [0, 0.05) is 0 Å². The number of benzene rings is 1. The predicted octanol–water partition coefficient (Wildman–Crippen LogP) is 9.22. The first-order valence-electron chi connectivity index (χ1n) is 13.3. The van der Waals surface area contributed by atoms with E-state index in [2.05, 4.69) is 38.1 Å². The molecule has 0 nitrogen and oxygen atoms in total. The molecule has 0 heteroatoms. The van der Waals surface area contributed by atoms with Crippen molar-refractivity contribution in [2.45, 2.75) is 129 Å². The number of fused-ring (bicyclic) bond motifs is 3. The van der Waals surface area contributed by atoms with Gasteiger partial charge in [0.2, 0.25) is 0 Å². The summed E-state index contributed by atoms with van der Waals surface area (Å²) in [6, 6.07) is 9.74. The summed E-state index contributed by atoms with van der Waals surface area (Å²) in [7, 11) is 0. The van der Waals surface area contributed by atoms with Crippen molar-refractivity contribution in [1.29, 1.82) is 0 Å². The molecule has 0 heterocycles. The van der Waals surface area contributed by atoms with Gasteiger partial charge < -0.3 is 0 Å². The van der Waals surface area contributed by atoms with E-state index in [0.717, 1.165) is 22.7 Å². The molecule has 2 bridgehead atoms. The van der Waals surface area contributed by atoms with E-state index >= 15 is 0 Å². The molecule has 0 aliphatic heterocycles. The maximum Gasteiger partial charge on any atom is -0.0162 e. The van der Waals surface area contributed by atoms with Crippen LogP contribution >= 0.6 is 0 Å². The third-order valence-corrected chi connectivity index (χ3v) is 9.63. The van der Waals surface area contributed by atoms with Crippen molar-refractivity contribution in [3.8, 4) is 0 Å². The second-order valence-electron chi connectivity index (χ2n) is 11.2. The Hall–Kier alpha value is -0.780. The highest BCUT2D eigenvalue weighted by Crippen LogP contribution is 2.63. The second-order valence-corrected chi connectivity index (χ2v) is 11.2. The molecule has 0 saturated heterocycles. The van der Waals surface area contributed by atoms with Gasteiger partial charge in [-0.25, -0.2) is 0 Å². The van der Waals surface area contributed by atoms with Gasteiger partial charge in [0.25, 0.3) is 0 Å². The summed E-state index contributed by atoms with van der Waals surface area (Å²) < 4.78 is 0. The molecule has 0 N–H and O–H groups in total. The number of unbranched alkanes of at least 4 members (excludes halogenated alkanes) is 3. The zero-order valence-electron chi connectivity index (χ0n) is 19.5. The second kappa shape index (κ2) is 9.57. The number of hydrogen-bond donors (Lipinski definition) is 0. The summed E-state index contributed by atoms with van der Waals surface area (Å²) in [5, 5.41) is 0. The van der Waals surface area contributed by atoms with Gasteiger partial charge in [-0.15, -0.1) is 0 Å². The maximum absolute atomic E-state index is 2.46. The van der Waals surface area contributed by atoms with Crippen LogP contribution in [0.5, 0.6) is 0 Å². The van der Waals surface area contributed by atoms with E-state index < -0.39 is 0 Å². The van der Waals surface area contributed by atoms with Crippen molar-refractivity contribution in [2.75, 3.05) is 0 Å². The van der Waals surface area contributed by atoms with Crippen LogP contribution in [0.3, 0.4) is 0 Å². The van der Waals surface area contributed by atoms with Crippen LogP contribution < -0.4 is 0 Å². The topological polar surface area (TPSA) is 0 Å². The first kappa shape index (κ1) is 21.5. The molecule has 1 aromatic rings. The fourth-order valence-corrected chi connectivity index (χ4v) is 7.41. The Kier molecular flexibility index (Phi) is 7.08.